The Labute approximate surface area is 79.9 Å². The molecule has 0 saturated carbocycles. The molecule has 0 fully saturated rings. The molecule has 7 heteroatoms. The summed E-state index contributed by atoms with van der Waals surface area (Å²) in [6, 6.07) is 0. The normalized spacial score (nSPS) is 19.5. The van der Waals surface area contributed by atoms with E-state index in [0.29, 0.717) is 11.6 Å². The number of anilines is 1. The van der Waals surface area contributed by atoms with Gasteiger partial charge >= 0.3 is 0 Å². The van der Waals surface area contributed by atoms with Gasteiger partial charge in [-0.3, -0.25) is 5.43 Å². The van der Waals surface area contributed by atoms with Crippen LogP contribution in [0.1, 0.15) is 10.6 Å². The number of sulfone groups is 1. The maximum Gasteiger partial charge on any atom is 0.197 e. The minimum atomic E-state index is -2.89. The summed E-state index contributed by atoms with van der Waals surface area (Å²) in [5.74, 6) is 5.49. The van der Waals surface area contributed by atoms with Gasteiger partial charge < -0.3 is 0 Å². The van der Waals surface area contributed by atoms with Crippen LogP contribution >= 0.6 is 11.3 Å². The summed E-state index contributed by atoms with van der Waals surface area (Å²) in [4.78, 5) is 4.97. The first-order chi connectivity index (χ1) is 6.11. The third-order valence-corrected chi connectivity index (χ3v) is 4.67. The minimum Gasteiger partial charge on any atom is -0.300 e. The van der Waals surface area contributed by atoms with Crippen molar-refractivity contribution in [3.8, 4) is 0 Å². The molecule has 0 aliphatic carbocycles. The molecule has 2 rings (SSSR count). The van der Waals surface area contributed by atoms with E-state index in [9.17, 15) is 8.42 Å². The number of aromatic nitrogens is 1. The van der Waals surface area contributed by atoms with Crippen molar-refractivity contribution < 1.29 is 8.42 Å². The largest absolute Gasteiger partial charge is 0.300 e. The van der Waals surface area contributed by atoms with Gasteiger partial charge in [0.05, 0.1) is 17.2 Å². The van der Waals surface area contributed by atoms with Crippen LogP contribution in [0, 0.1) is 0 Å². The van der Waals surface area contributed by atoms with E-state index >= 15 is 0 Å². The summed E-state index contributed by atoms with van der Waals surface area (Å²) in [6.45, 7) is 0. The number of hydrogen-bond acceptors (Lipinski definition) is 6. The molecule has 2 heterocycles. The highest BCUT2D eigenvalue weighted by Crippen LogP contribution is 2.28. The fraction of sp³-hybridized carbons (Fsp3) is 0.500. The molecule has 72 valence electrons. The van der Waals surface area contributed by atoms with Crippen LogP contribution in [0.2, 0.25) is 0 Å². The zero-order valence-electron chi connectivity index (χ0n) is 6.78. The molecule has 1 aliphatic rings. The molecule has 3 N–H and O–H groups in total. The third-order valence-electron chi connectivity index (χ3n) is 1.90. The zero-order valence-corrected chi connectivity index (χ0v) is 8.41. The predicted molar refractivity (Wildman–Crippen MR) is 51.1 cm³/mol. The van der Waals surface area contributed by atoms with Gasteiger partial charge in [-0.25, -0.2) is 19.2 Å². The first-order valence-corrected chi connectivity index (χ1v) is 6.40. The van der Waals surface area contributed by atoms with Gasteiger partial charge in [0.25, 0.3) is 0 Å². The lowest BCUT2D eigenvalue weighted by atomic mass is 10.3. The predicted octanol–water partition coefficient (Wildman–Crippen LogP) is -0.100. The first-order valence-electron chi connectivity index (χ1n) is 3.76. The van der Waals surface area contributed by atoms with E-state index in [0.717, 1.165) is 10.6 Å². The number of hydrogen-bond donors (Lipinski definition) is 2. The van der Waals surface area contributed by atoms with Gasteiger partial charge in [-0.05, 0) is 0 Å². The van der Waals surface area contributed by atoms with E-state index in [-0.39, 0.29) is 11.5 Å². The maximum atomic E-state index is 11.2. The fourth-order valence-corrected chi connectivity index (χ4v) is 3.98. The highest BCUT2D eigenvalue weighted by Gasteiger charge is 2.24. The second-order valence-corrected chi connectivity index (χ2v) is 6.14. The summed E-state index contributed by atoms with van der Waals surface area (Å²) in [7, 11) is -2.89. The van der Waals surface area contributed by atoms with Crippen LogP contribution in [0.25, 0.3) is 0 Å². The van der Waals surface area contributed by atoms with E-state index in [1.807, 2.05) is 0 Å². The van der Waals surface area contributed by atoms with Crippen molar-refractivity contribution in [1.82, 2.24) is 4.98 Å². The summed E-state index contributed by atoms with van der Waals surface area (Å²) >= 11 is 1.31. The topological polar surface area (TPSA) is 85.1 Å². The molecule has 0 spiro atoms. The molecule has 0 radical (unpaired) electrons. The number of aryl methyl sites for hydroxylation is 1. The number of nitrogens with zero attached hydrogens (tertiary/aromatic N) is 1. The molecule has 0 unspecified atom stereocenters. The fourth-order valence-electron chi connectivity index (χ4n) is 1.28. The van der Waals surface area contributed by atoms with Crippen molar-refractivity contribution in [3.05, 3.63) is 10.6 Å². The van der Waals surface area contributed by atoms with Crippen LogP contribution in [0.15, 0.2) is 0 Å². The van der Waals surface area contributed by atoms with E-state index in [1.54, 1.807) is 0 Å². The van der Waals surface area contributed by atoms with E-state index in [4.69, 9.17) is 5.84 Å². The van der Waals surface area contributed by atoms with Gasteiger partial charge in [0, 0.05) is 11.3 Å². The van der Waals surface area contributed by atoms with Gasteiger partial charge in [-0.1, -0.05) is 11.3 Å². The van der Waals surface area contributed by atoms with Crippen LogP contribution in [-0.2, 0) is 22.0 Å². The number of rotatable bonds is 1. The van der Waals surface area contributed by atoms with E-state index in [2.05, 4.69) is 10.4 Å². The number of hydrazine groups is 1. The summed E-state index contributed by atoms with van der Waals surface area (Å²) < 4.78 is 22.5. The lowest BCUT2D eigenvalue weighted by molar-refractivity contribution is 0.591. The average Bonchev–Trinajstić information content (AvgIpc) is 2.44. The van der Waals surface area contributed by atoms with Gasteiger partial charge in [-0.2, -0.15) is 0 Å². The molecule has 0 aromatic carbocycles. The summed E-state index contributed by atoms with van der Waals surface area (Å²) in [6.07, 6.45) is 0.510. The molecule has 1 aromatic heterocycles. The SMILES string of the molecule is NNc1nc2c(s1)CS(=O)(=O)CC2. The van der Waals surface area contributed by atoms with Crippen molar-refractivity contribution in [2.24, 2.45) is 5.84 Å². The van der Waals surface area contributed by atoms with Crippen molar-refractivity contribution in [1.29, 1.82) is 0 Å². The van der Waals surface area contributed by atoms with Crippen LogP contribution < -0.4 is 11.3 Å². The van der Waals surface area contributed by atoms with Crippen molar-refractivity contribution in [2.45, 2.75) is 12.2 Å². The number of fused-ring (bicyclic) bond motifs is 1. The van der Waals surface area contributed by atoms with Crippen molar-refractivity contribution >= 4 is 26.3 Å². The molecular formula is C6H9N3O2S2. The van der Waals surface area contributed by atoms with Crippen molar-refractivity contribution in [3.63, 3.8) is 0 Å². The number of thiazole rings is 1. The quantitative estimate of drug-likeness (QED) is 0.509. The molecule has 13 heavy (non-hydrogen) atoms. The Kier molecular flexibility index (Phi) is 2.01. The Morgan fingerprint density at radius 2 is 2.31 bits per heavy atom. The van der Waals surface area contributed by atoms with Gasteiger partial charge in [0.2, 0.25) is 0 Å². The highest BCUT2D eigenvalue weighted by molar-refractivity contribution is 7.90. The highest BCUT2D eigenvalue weighted by atomic mass is 32.2. The third kappa shape index (κ3) is 1.67. The summed E-state index contributed by atoms with van der Waals surface area (Å²) in [5, 5.41) is 0.585. The van der Waals surface area contributed by atoms with Gasteiger partial charge in [0.1, 0.15) is 0 Å². The van der Waals surface area contributed by atoms with Crippen molar-refractivity contribution in [2.75, 3.05) is 11.2 Å². The van der Waals surface area contributed by atoms with E-state index in [1.165, 1.54) is 11.3 Å². The van der Waals surface area contributed by atoms with Gasteiger partial charge in [0.15, 0.2) is 15.0 Å². The number of nitrogens with two attached hydrogens (primary N) is 1. The second kappa shape index (κ2) is 2.93. The molecule has 0 amide bonds. The maximum absolute atomic E-state index is 11.2. The van der Waals surface area contributed by atoms with Gasteiger partial charge in [-0.15, -0.1) is 0 Å². The Hall–Kier alpha value is -0.660. The molecular weight excluding hydrogens is 210 g/mol. The Bertz CT molecular complexity index is 423. The molecule has 1 aliphatic heterocycles. The zero-order chi connectivity index (χ0) is 9.47. The lowest BCUT2D eigenvalue weighted by Gasteiger charge is -2.08. The molecule has 0 atom stereocenters. The smallest absolute Gasteiger partial charge is 0.197 e. The van der Waals surface area contributed by atoms with E-state index < -0.39 is 9.84 Å². The molecule has 0 saturated heterocycles. The van der Waals surface area contributed by atoms with Crippen LogP contribution in [0.3, 0.4) is 0 Å². The van der Waals surface area contributed by atoms with Crippen LogP contribution in [0.5, 0.6) is 0 Å². The van der Waals surface area contributed by atoms with Crippen LogP contribution in [0.4, 0.5) is 5.13 Å². The Balaban J connectivity index is 2.40. The first kappa shape index (κ1) is 8.92. The monoisotopic (exact) mass is 219 g/mol. The van der Waals surface area contributed by atoms with Crippen LogP contribution in [-0.4, -0.2) is 19.2 Å². The average molecular weight is 219 g/mol. The number of nitrogens with one attached hydrogen (secondary N) is 1. The molecule has 5 nitrogen and oxygen atoms in total. The standard InChI is InChI=1S/C6H9N3O2S2/c7-9-6-8-4-1-2-13(10,11)3-5(4)12-6/h1-3,7H2,(H,8,9). The second-order valence-electron chi connectivity index (χ2n) is 2.88. The summed E-state index contributed by atoms with van der Waals surface area (Å²) in [5.41, 5.74) is 3.29. The number of nitrogen functional groups attached to an aromatic ring is 1. The molecule has 0 bridgehead atoms. The Morgan fingerprint density at radius 3 is 3.00 bits per heavy atom. The lowest BCUT2D eigenvalue weighted by Crippen LogP contribution is -2.17. The molecule has 1 aromatic rings. The minimum absolute atomic E-state index is 0.113. The Morgan fingerprint density at radius 1 is 1.54 bits per heavy atom.